The second kappa shape index (κ2) is 8.96. The Bertz CT molecular complexity index is 988. The molecule has 28 heavy (non-hydrogen) atoms. The van der Waals surface area contributed by atoms with Crippen LogP contribution in [0.3, 0.4) is 0 Å². The average Bonchev–Trinajstić information content (AvgIpc) is 3.20. The molecule has 3 aromatic rings. The van der Waals surface area contributed by atoms with E-state index in [4.69, 9.17) is 16.0 Å². The van der Waals surface area contributed by atoms with Gasteiger partial charge in [0.15, 0.2) is 0 Å². The Morgan fingerprint density at radius 3 is 2.79 bits per heavy atom. The maximum Gasteiger partial charge on any atom is 0.288 e. The maximum atomic E-state index is 12.7. The van der Waals surface area contributed by atoms with Gasteiger partial charge in [0, 0.05) is 31.1 Å². The van der Waals surface area contributed by atoms with Crippen molar-refractivity contribution in [3.63, 3.8) is 0 Å². The van der Waals surface area contributed by atoms with E-state index >= 15 is 0 Å². The number of furan rings is 1. The van der Waals surface area contributed by atoms with Crippen molar-refractivity contribution in [2.45, 2.75) is 13.1 Å². The number of nitro benzene ring substituents is 1. The SMILES string of the molecule is O=C(/C=C/c1ccc(Cl)c([N+](=O)[O-])c1)N(Cc1cccnc1)Cc1ccco1. The summed E-state index contributed by atoms with van der Waals surface area (Å²) in [6, 6.07) is 11.6. The Labute approximate surface area is 166 Å². The molecule has 0 saturated carbocycles. The van der Waals surface area contributed by atoms with Gasteiger partial charge >= 0.3 is 0 Å². The molecule has 1 aromatic carbocycles. The van der Waals surface area contributed by atoms with Gasteiger partial charge in [0.1, 0.15) is 10.8 Å². The van der Waals surface area contributed by atoms with Gasteiger partial charge in [-0.05, 0) is 41.5 Å². The quantitative estimate of drug-likeness (QED) is 0.333. The fraction of sp³-hybridized carbons (Fsp3) is 0.100. The van der Waals surface area contributed by atoms with Crippen molar-refractivity contribution in [3.8, 4) is 0 Å². The topological polar surface area (TPSA) is 89.5 Å². The number of carbonyl (C=O) groups is 1. The first-order valence-electron chi connectivity index (χ1n) is 8.35. The lowest BCUT2D eigenvalue weighted by atomic mass is 10.2. The Balaban J connectivity index is 1.79. The summed E-state index contributed by atoms with van der Waals surface area (Å²) in [7, 11) is 0. The summed E-state index contributed by atoms with van der Waals surface area (Å²) in [4.78, 5) is 28.9. The van der Waals surface area contributed by atoms with Crippen LogP contribution in [-0.4, -0.2) is 20.7 Å². The lowest BCUT2D eigenvalue weighted by Gasteiger charge is -2.20. The van der Waals surface area contributed by atoms with E-state index in [1.807, 2.05) is 6.07 Å². The molecule has 0 aliphatic rings. The molecule has 1 amide bonds. The Kier molecular flexibility index (Phi) is 6.18. The fourth-order valence-corrected chi connectivity index (χ4v) is 2.75. The van der Waals surface area contributed by atoms with Gasteiger partial charge in [-0.3, -0.25) is 19.9 Å². The molecule has 0 aliphatic carbocycles. The molecular formula is C20H16ClN3O4. The molecule has 0 bridgehead atoms. The van der Waals surface area contributed by atoms with Crippen LogP contribution in [0.15, 0.2) is 71.6 Å². The summed E-state index contributed by atoms with van der Waals surface area (Å²) in [5.74, 6) is 0.380. The fourth-order valence-electron chi connectivity index (χ4n) is 2.56. The minimum atomic E-state index is -0.562. The third-order valence-electron chi connectivity index (χ3n) is 3.92. The third kappa shape index (κ3) is 5.05. The summed E-state index contributed by atoms with van der Waals surface area (Å²) in [6.45, 7) is 0.629. The highest BCUT2D eigenvalue weighted by Gasteiger charge is 2.15. The van der Waals surface area contributed by atoms with Gasteiger partial charge < -0.3 is 9.32 Å². The third-order valence-corrected chi connectivity index (χ3v) is 4.24. The van der Waals surface area contributed by atoms with E-state index in [1.54, 1.807) is 47.8 Å². The van der Waals surface area contributed by atoms with E-state index in [0.29, 0.717) is 17.9 Å². The number of benzene rings is 1. The zero-order valence-electron chi connectivity index (χ0n) is 14.7. The number of hydrogen-bond acceptors (Lipinski definition) is 5. The second-order valence-electron chi connectivity index (χ2n) is 5.94. The predicted octanol–water partition coefficient (Wildman–Crippen LogP) is 4.48. The van der Waals surface area contributed by atoms with Crippen LogP contribution >= 0.6 is 11.6 Å². The molecule has 2 aromatic heterocycles. The maximum absolute atomic E-state index is 12.7. The van der Waals surface area contributed by atoms with E-state index in [0.717, 1.165) is 5.56 Å². The largest absolute Gasteiger partial charge is 0.467 e. The van der Waals surface area contributed by atoms with Crippen molar-refractivity contribution in [2.24, 2.45) is 0 Å². The molecule has 3 rings (SSSR count). The number of halogens is 1. The highest BCUT2D eigenvalue weighted by Crippen LogP contribution is 2.25. The molecule has 0 radical (unpaired) electrons. The molecular weight excluding hydrogens is 382 g/mol. The summed E-state index contributed by atoms with van der Waals surface area (Å²) in [6.07, 6.45) is 7.78. The van der Waals surface area contributed by atoms with Crippen molar-refractivity contribution < 1.29 is 14.1 Å². The van der Waals surface area contributed by atoms with Gasteiger partial charge in [0.2, 0.25) is 5.91 Å². The standard InChI is InChI=1S/C20H16ClN3O4/c21-18-7-5-15(11-19(18)24(26)27)6-8-20(25)23(14-17-4-2-10-28-17)13-16-3-1-9-22-12-16/h1-12H,13-14H2/b8-6+. The van der Waals surface area contributed by atoms with Crippen molar-refractivity contribution in [2.75, 3.05) is 0 Å². The average molecular weight is 398 g/mol. The number of rotatable bonds is 7. The lowest BCUT2D eigenvalue weighted by molar-refractivity contribution is -0.384. The van der Waals surface area contributed by atoms with E-state index in [9.17, 15) is 14.9 Å². The number of hydrogen-bond donors (Lipinski definition) is 0. The molecule has 0 fully saturated rings. The Morgan fingerprint density at radius 1 is 1.25 bits per heavy atom. The minimum Gasteiger partial charge on any atom is -0.467 e. The molecule has 0 aliphatic heterocycles. The van der Waals surface area contributed by atoms with Crippen molar-refractivity contribution in [3.05, 3.63) is 99.2 Å². The molecule has 0 atom stereocenters. The van der Waals surface area contributed by atoms with Crippen molar-refractivity contribution in [1.82, 2.24) is 9.88 Å². The normalized spacial score (nSPS) is 10.9. The van der Waals surface area contributed by atoms with Gasteiger partial charge in [-0.1, -0.05) is 23.7 Å². The van der Waals surface area contributed by atoms with Gasteiger partial charge in [-0.15, -0.1) is 0 Å². The highest BCUT2D eigenvalue weighted by molar-refractivity contribution is 6.32. The van der Waals surface area contributed by atoms with E-state index in [2.05, 4.69) is 4.98 Å². The van der Waals surface area contributed by atoms with Crippen LogP contribution < -0.4 is 0 Å². The summed E-state index contributed by atoms with van der Waals surface area (Å²) >= 11 is 5.82. The van der Waals surface area contributed by atoms with Crippen LogP contribution in [0.4, 0.5) is 5.69 Å². The molecule has 0 unspecified atom stereocenters. The molecule has 2 heterocycles. The number of carbonyl (C=O) groups excluding carboxylic acids is 1. The monoisotopic (exact) mass is 397 g/mol. The van der Waals surface area contributed by atoms with E-state index in [1.165, 1.54) is 24.3 Å². The number of nitro groups is 1. The summed E-state index contributed by atoms with van der Waals surface area (Å²) in [5.41, 5.74) is 1.17. The summed E-state index contributed by atoms with van der Waals surface area (Å²) < 4.78 is 5.35. The van der Waals surface area contributed by atoms with Crippen LogP contribution in [0.2, 0.25) is 5.02 Å². The molecule has 7 nitrogen and oxygen atoms in total. The van der Waals surface area contributed by atoms with Crippen LogP contribution in [-0.2, 0) is 17.9 Å². The molecule has 0 N–H and O–H groups in total. The van der Waals surface area contributed by atoms with Gasteiger partial charge in [-0.25, -0.2) is 0 Å². The smallest absolute Gasteiger partial charge is 0.288 e. The van der Waals surface area contributed by atoms with Gasteiger partial charge in [0.25, 0.3) is 5.69 Å². The zero-order valence-corrected chi connectivity index (χ0v) is 15.5. The first-order chi connectivity index (χ1) is 13.5. The van der Waals surface area contributed by atoms with Crippen molar-refractivity contribution >= 4 is 29.3 Å². The van der Waals surface area contributed by atoms with Crippen LogP contribution in [0.1, 0.15) is 16.9 Å². The molecule has 0 spiro atoms. The number of aromatic nitrogens is 1. The number of pyridine rings is 1. The van der Waals surface area contributed by atoms with Crippen LogP contribution in [0.25, 0.3) is 6.08 Å². The lowest BCUT2D eigenvalue weighted by Crippen LogP contribution is -2.28. The van der Waals surface area contributed by atoms with E-state index in [-0.39, 0.29) is 23.2 Å². The predicted molar refractivity (Wildman–Crippen MR) is 104 cm³/mol. The molecule has 142 valence electrons. The molecule has 8 heteroatoms. The van der Waals surface area contributed by atoms with E-state index < -0.39 is 4.92 Å². The molecule has 0 saturated heterocycles. The minimum absolute atomic E-state index is 0.0458. The van der Waals surface area contributed by atoms with Crippen LogP contribution in [0, 0.1) is 10.1 Å². The van der Waals surface area contributed by atoms with Gasteiger partial charge in [-0.2, -0.15) is 0 Å². The highest BCUT2D eigenvalue weighted by atomic mass is 35.5. The zero-order chi connectivity index (χ0) is 19.9. The second-order valence-corrected chi connectivity index (χ2v) is 6.34. The first-order valence-corrected chi connectivity index (χ1v) is 8.73. The summed E-state index contributed by atoms with van der Waals surface area (Å²) in [5, 5.41) is 11.1. The Hall–Kier alpha value is -3.45. The first kappa shape index (κ1) is 19.3. The van der Waals surface area contributed by atoms with Crippen molar-refractivity contribution in [1.29, 1.82) is 0 Å². The van der Waals surface area contributed by atoms with Crippen LogP contribution in [0.5, 0.6) is 0 Å². The number of nitrogens with zero attached hydrogens (tertiary/aromatic N) is 3. The van der Waals surface area contributed by atoms with Gasteiger partial charge in [0.05, 0.1) is 17.7 Å². The number of amides is 1. The Morgan fingerprint density at radius 2 is 2.11 bits per heavy atom.